The van der Waals surface area contributed by atoms with Crippen molar-refractivity contribution in [3.8, 4) is 28.7 Å². The summed E-state index contributed by atoms with van der Waals surface area (Å²) in [5.41, 5.74) is 1.09. The van der Waals surface area contributed by atoms with Crippen LogP contribution in [0.4, 0.5) is 0 Å². The number of carbonyl (C=O) groups excluding carboxylic acids is 1. The van der Waals surface area contributed by atoms with Crippen LogP contribution in [0.1, 0.15) is 15.9 Å². The lowest BCUT2D eigenvalue weighted by Crippen LogP contribution is -2.17. The van der Waals surface area contributed by atoms with Crippen LogP contribution in [0, 0.1) is 0 Å². The first-order valence-electron chi connectivity index (χ1n) is 7.88. The molecule has 0 saturated carbocycles. The van der Waals surface area contributed by atoms with Crippen molar-refractivity contribution in [2.75, 3.05) is 27.1 Å². The fourth-order valence-corrected chi connectivity index (χ4v) is 3.12. The normalized spacial score (nSPS) is 14.1. The maximum Gasteiger partial charge on any atom is 0.338 e. The molecule has 26 heavy (non-hydrogen) atoms. The van der Waals surface area contributed by atoms with E-state index in [1.165, 1.54) is 7.11 Å². The molecule has 0 bridgehead atoms. The maximum atomic E-state index is 12.5. The van der Waals surface area contributed by atoms with Crippen LogP contribution < -0.4 is 23.7 Å². The van der Waals surface area contributed by atoms with Gasteiger partial charge in [-0.2, -0.15) is 0 Å². The number of halogens is 1. The SMILES string of the molecule is COc1cc(C(=O)OCc2cc3c(cc2Br)OCO3)cc2c1OCCO2. The van der Waals surface area contributed by atoms with E-state index in [1.807, 2.05) is 0 Å². The lowest BCUT2D eigenvalue weighted by Gasteiger charge is -2.21. The van der Waals surface area contributed by atoms with Crippen LogP contribution in [0.5, 0.6) is 28.7 Å². The van der Waals surface area contributed by atoms with E-state index < -0.39 is 5.97 Å². The molecule has 0 saturated heterocycles. The van der Waals surface area contributed by atoms with Gasteiger partial charge in [0.25, 0.3) is 0 Å². The first-order chi connectivity index (χ1) is 12.7. The van der Waals surface area contributed by atoms with Crippen LogP contribution in [-0.2, 0) is 11.3 Å². The van der Waals surface area contributed by atoms with Crippen LogP contribution in [-0.4, -0.2) is 33.1 Å². The summed E-state index contributed by atoms with van der Waals surface area (Å²) in [7, 11) is 1.51. The minimum atomic E-state index is -0.496. The van der Waals surface area contributed by atoms with E-state index in [0.29, 0.717) is 47.5 Å². The van der Waals surface area contributed by atoms with Gasteiger partial charge in [0.1, 0.15) is 19.8 Å². The molecule has 2 aliphatic rings. The lowest BCUT2D eigenvalue weighted by molar-refractivity contribution is 0.0470. The van der Waals surface area contributed by atoms with E-state index in [1.54, 1.807) is 24.3 Å². The zero-order valence-corrected chi connectivity index (χ0v) is 15.5. The van der Waals surface area contributed by atoms with Crippen LogP contribution in [0.25, 0.3) is 0 Å². The van der Waals surface area contributed by atoms with Gasteiger partial charge in [-0.15, -0.1) is 0 Å². The van der Waals surface area contributed by atoms with Gasteiger partial charge in [0.2, 0.25) is 12.5 Å². The number of rotatable bonds is 4. The molecular formula is C18H15BrO7. The molecule has 0 N–H and O–H groups in total. The van der Waals surface area contributed by atoms with Crippen molar-refractivity contribution in [3.63, 3.8) is 0 Å². The minimum absolute atomic E-state index is 0.0762. The first kappa shape index (κ1) is 16.8. The summed E-state index contributed by atoms with van der Waals surface area (Å²) in [6, 6.07) is 6.74. The van der Waals surface area contributed by atoms with Crippen LogP contribution in [0.2, 0.25) is 0 Å². The summed E-state index contributed by atoms with van der Waals surface area (Å²) >= 11 is 3.44. The maximum absolute atomic E-state index is 12.5. The van der Waals surface area contributed by atoms with E-state index >= 15 is 0 Å². The third kappa shape index (κ3) is 3.12. The molecule has 8 heteroatoms. The predicted molar refractivity (Wildman–Crippen MR) is 93.4 cm³/mol. The Labute approximate surface area is 157 Å². The van der Waals surface area contributed by atoms with Gasteiger partial charge in [0.15, 0.2) is 23.0 Å². The highest BCUT2D eigenvalue weighted by atomic mass is 79.9. The second-order valence-electron chi connectivity index (χ2n) is 5.58. The van der Waals surface area contributed by atoms with Crippen LogP contribution in [0.15, 0.2) is 28.7 Å². The Kier molecular flexibility index (Phi) is 4.50. The van der Waals surface area contributed by atoms with Gasteiger partial charge in [-0.1, -0.05) is 15.9 Å². The summed E-state index contributed by atoms with van der Waals surface area (Å²) in [5, 5.41) is 0. The number of carbonyl (C=O) groups is 1. The number of benzene rings is 2. The minimum Gasteiger partial charge on any atom is -0.493 e. The van der Waals surface area contributed by atoms with E-state index in [9.17, 15) is 4.79 Å². The number of ether oxygens (including phenoxy) is 6. The van der Waals surface area contributed by atoms with Crippen LogP contribution >= 0.6 is 15.9 Å². The molecule has 0 amide bonds. The smallest absolute Gasteiger partial charge is 0.338 e. The largest absolute Gasteiger partial charge is 0.493 e. The highest BCUT2D eigenvalue weighted by molar-refractivity contribution is 9.10. The van der Waals surface area contributed by atoms with Crippen LogP contribution in [0.3, 0.4) is 0 Å². The number of methoxy groups -OCH3 is 1. The van der Waals surface area contributed by atoms with Gasteiger partial charge < -0.3 is 28.4 Å². The lowest BCUT2D eigenvalue weighted by atomic mass is 10.1. The van der Waals surface area contributed by atoms with Crippen molar-refractivity contribution in [2.24, 2.45) is 0 Å². The molecule has 0 unspecified atom stereocenters. The van der Waals surface area contributed by atoms with Gasteiger partial charge in [-0.05, 0) is 24.3 Å². The molecule has 0 fully saturated rings. The summed E-state index contributed by atoms with van der Waals surface area (Å²) < 4.78 is 33.2. The summed E-state index contributed by atoms with van der Waals surface area (Å²) in [6.45, 7) is 1.11. The zero-order valence-electron chi connectivity index (χ0n) is 13.9. The molecule has 2 aromatic carbocycles. The monoisotopic (exact) mass is 422 g/mol. The van der Waals surface area contributed by atoms with Crippen molar-refractivity contribution in [2.45, 2.75) is 6.61 Å². The molecule has 0 aliphatic carbocycles. The third-order valence-electron chi connectivity index (χ3n) is 3.96. The molecule has 0 radical (unpaired) electrons. The number of hydrogen-bond donors (Lipinski definition) is 0. The summed E-state index contributed by atoms with van der Waals surface area (Å²) in [4.78, 5) is 12.5. The molecule has 2 aromatic rings. The molecule has 136 valence electrons. The Morgan fingerprint density at radius 3 is 2.62 bits per heavy atom. The number of esters is 1. The standard InChI is InChI=1S/C18H15BrO7/c1-21-15-4-10(5-16-17(15)23-3-2-22-16)18(20)24-8-11-6-13-14(7-12(11)19)26-9-25-13/h4-7H,2-3,8-9H2,1H3. The Balaban J connectivity index is 1.52. The zero-order chi connectivity index (χ0) is 18.1. The van der Waals surface area contributed by atoms with Gasteiger partial charge in [0.05, 0.1) is 12.7 Å². The van der Waals surface area contributed by atoms with E-state index in [-0.39, 0.29) is 13.4 Å². The number of hydrogen-bond acceptors (Lipinski definition) is 7. The van der Waals surface area contributed by atoms with Gasteiger partial charge in [-0.3, -0.25) is 0 Å². The number of fused-ring (bicyclic) bond motifs is 2. The summed E-state index contributed by atoms with van der Waals surface area (Å²) in [5.74, 6) is 2.17. The fraction of sp³-hybridized carbons (Fsp3) is 0.278. The Morgan fingerprint density at radius 1 is 1.04 bits per heavy atom. The Hall–Kier alpha value is -2.61. The van der Waals surface area contributed by atoms with E-state index in [0.717, 1.165) is 10.0 Å². The van der Waals surface area contributed by atoms with Gasteiger partial charge in [-0.25, -0.2) is 4.79 Å². The second-order valence-corrected chi connectivity index (χ2v) is 6.43. The molecule has 4 rings (SSSR count). The average Bonchev–Trinajstić information content (AvgIpc) is 3.11. The van der Waals surface area contributed by atoms with Crippen molar-refractivity contribution in [1.82, 2.24) is 0 Å². The predicted octanol–water partition coefficient (Wildman–Crippen LogP) is 3.31. The second kappa shape index (κ2) is 6.95. The molecule has 2 heterocycles. The third-order valence-corrected chi connectivity index (χ3v) is 4.70. The highest BCUT2D eigenvalue weighted by Crippen LogP contribution is 2.41. The molecule has 0 spiro atoms. The molecule has 7 nitrogen and oxygen atoms in total. The van der Waals surface area contributed by atoms with E-state index in [2.05, 4.69) is 15.9 Å². The topological polar surface area (TPSA) is 72.5 Å². The summed E-state index contributed by atoms with van der Waals surface area (Å²) in [6.07, 6.45) is 0. The first-order valence-corrected chi connectivity index (χ1v) is 8.68. The van der Waals surface area contributed by atoms with Crippen molar-refractivity contribution < 1.29 is 33.2 Å². The highest BCUT2D eigenvalue weighted by Gasteiger charge is 2.22. The Morgan fingerprint density at radius 2 is 1.81 bits per heavy atom. The quantitative estimate of drug-likeness (QED) is 0.699. The molecule has 0 aromatic heterocycles. The van der Waals surface area contributed by atoms with Gasteiger partial charge >= 0.3 is 5.97 Å². The van der Waals surface area contributed by atoms with Crippen molar-refractivity contribution >= 4 is 21.9 Å². The van der Waals surface area contributed by atoms with Gasteiger partial charge in [0, 0.05) is 10.0 Å². The average molecular weight is 423 g/mol. The van der Waals surface area contributed by atoms with Crippen molar-refractivity contribution in [3.05, 3.63) is 39.9 Å². The molecule has 0 atom stereocenters. The fourth-order valence-electron chi connectivity index (χ4n) is 2.69. The van der Waals surface area contributed by atoms with E-state index in [4.69, 9.17) is 28.4 Å². The van der Waals surface area contributed by atoms with Crippen molar-refractivity contribution in [1.29, 1.82) is 0 Å². The molecule has 2 aliphatic heterocycles. The Bertz CT molecular complexity index is 848. The molecular weight excluding hydrogens is 408 g/mol.